The minimum Gasteiger partial charge on any atom is -0.351 e. The zero-order valence-electron chi connectivity index (χ0n) is 12.5. The molecule has 1 aromatic carbocycles. The summed E-state index contributed by atoms with van der Waals surface area (Å²) in [5.41, 5.74) is 2.28. The molecule has 3 rings (SSSR count). The highest BCUT2D eigenvalue weighted by atomic mass is 32.2. The summed E-state index contributed by atoms with van der Waals surface area (Å²) < 4.78 is 0. The summed E-state index contributed by atoms with van der Waals surface area (Å²) in [5.74, 6) is 0.580. The number of benzene rings is 1. The highest BCUT2D eigenvalue weighted by molar-refractivity contribution is 8.18. The van der Waals surface area contributed by atoms with Gasteiger partial charge in [0, 0.05) is 13.1 Å². The highest BCUT2D eigenvalue weighted by Crippen LogP contribution is 2.32. The van der Waals surface area contributed by atoms with Crippen LogP contribution in [0.15, 0.2) is 34.2 Å². The molecule has 2 heterocycles. The van der Waals surface area contributed by atoms with Gasteiger partial charge < -0.3 is 4.90 Å². The van der Waals surface area contributed by atoms with Crippen molar-refractivity contribution in [3.8, 4) is 0 Å². The summed E-state index contributed by atoms with van der Waals surface area (Å²) >= 11 is 1.51. The van der Waals surface area contributed by atoms with Crippen molar-refractivity contribution in [1.82, 2.24) is 4.90 Å². The molecule has 0 bridgehead atoms. The Hall–Kier alpha value is -1.55. The summed E-state index contributed by atoms with van der Waals surface area (Å²) in [6.07, 6.45) is 4.40. The maximum atomic E-state index is 12.1. The molecule has 2 aliphatic heterocycles. The molecule has 0 spiro atoms. The van der Waals surface area contributed by atoms with E-state index in [1.54, 1.807) is 0 Å². The van der Waals surface area contributed by atoms with E-state index in [1.807, 2.05) is 18.2 Å². The molecule has 0 N–H and O–H groups in total. The van der Waals surface area contributed by atoms with Crippen molar-refractivity contribution >= 4 is 28.9 Å². The van der Waals surface area contributed by atoms with Crippen molar-refractivity contribution in [2.24, 2.45) is 10.9 Å². The monoisotopic (exact) mass is 300 g/mol. The van der Waals surface area contributed by atoms with Crippen molar-refractivity contribution in [3.05, 3.63) is 40.3 Å². The van der Waals surface area contributed by atoms with Crippen molar-refractivity contribution in [2.45, 2.75) is 26.7 Å². The van der Waals surface area contributed by atoms with Gasteiger partial charge in [0.05, 0.1) is 4.91 Å². The van der Waals surface area contributed by atoms with Gasteiger partial charge in [-0.05, 0) is 49.1 Å². The van der Waals surface area contributed by atoms with Gasteiger partial charge in [-0.2, -0.15) is 4.99 Å². The van der Waals surface area contributed by atoms with Gasteiger partial charge in [0.25, 0.3) is 5.91 Å². The second-order valence-electron chi connectivity index (χ2n) is 5.91. The van der Waals surface area contributed by atoms with Crippen LogP contribution in [0.25, 0.3) is 6.08 Å². The first-order valence-corrected chi connectivity index (χ1v) is 8.27. The van der Waals surface area contributed by atoms with Crippen LogP contribution in [0.5, 0.6) is 0 Å². The normalized spacial score (nSPS) is 24.6. The van der Waals surface area contributed by atoms with Crippen molar-refractivity contribution < 1.29 is 4.79 Å². The van der Waals surface area contributed by atoms with Crippen LogP contribution in [-0.2, 0) is 4.79 Å². The largest absolute Gasteiger partial charge is 0.351 e. The maximum absolute atomic E-state index is 12.1. The lowest BCUT2D eigenvalue weighted by molar-refractivity contribution is -0.113. The molecule has 0 radical (unpaired) electrons. The Balaban J connectivity index is 1.73. The molecule has 1 fully saturated rings. The number of carbonyl (C=O) groups is 1. The fourth-order valence-electron chi connectivity index (χ4n) is 2.71. The summed E-state index contributed by atoms with van der Waals surface area (Å²) in [5, 5.41) is 0.880. The van der Waals surface area contributed by atoms with Crippen molar-refractivity contribution in [1.29, 1.82) is 0 Å². The number of thioether (sulfide) groups is 1. The van der Waals surface area contributed by atoms with Gasteiger partial charge in [-0.15, -0.1) is 0 Å². The maximum Gasteiger partial charge on any atom is 0.286 e. The molecule has 1 saturated heterocycles. The fourth-order valence-corrected chi connectivity index (χ4v) is 3.66. The van der Waals surface area contributed by atoms with Crippen LogP contribution >= 0.6 is 11.8 Å². The van der Waals surface area contributed by atoms with E-state index < -0.39 is 0 Å². The molecular formula is C17H20N2OS. The predicted octanol–water partition coefficient (Wildman–Crippen LogP) is 3.70. The first-order valence-electron chi connectivity index (χ1n) is 7.46. The van der Waals surface area contributed by atoms with Gasteiger partial charge in [0.1, 0.15) is 0 Å². The number of rotatable bonds is 1. The Bertz CT molecular complexity index is 604. The zero-order chi connectivity index (χ0) is 14.8. The van der Waals surface area contributed by atoms with Gasteiger partial charge in [0.2, 0.25) is 0 Å². The summed E-state index contributed by atoms with van der Waals surface area (Å²) in [7, 11) is 0. The molecule has 0 aromatic heterocycles. The smallest absolute Gasteiger partial charge is 0.286 e. The zero-order valence-corrected chi connectivity index (χ0v) is 13.3. The van der Waals surface area contributed by atoms with Gasteiger partial charge in [-0.25, -0.2) is 0 Å². The minimum atomic E-state index is -0.103. The van der Waals surface area contributed by atoms with Crippen LogP contribution < -0.4 is 0 Å². The number of aryl methyl sites for hydroxylation is 1. The Kier molecular flexibility index (Phi) is 4.15. The summed E-state index contributed by atoms with van der Waals surface area (Å²) in [6.45, 7) is 6.35. The molecule has 4 heteroatoms. The van der Waals surface area contributed by atoms with Gasteiger partial charge >= 0.3 is 0 Å². The van der Waals surface area contributed by atoms with Gasteiger partial charge in [-0.3, -0.25) is 4.79 Å². The second-order valence-corrected chi connectivity index (χ2v) is 6.92. The summed E-state index contributed by atoms with van der Waals surface area (Å²) in [4.78, 5) is 19.3. The number of carbonyl (C=O) groups excluding carboxylic acids is 1. The highest BCUT2D eigenvalue weighted by Gasteiger charge is 2.28. The second kappa shape index (κ2) is 6.06. The lowest BCUT2D eigenvalue weighted by atomic mass is 10.0. The van der Waals surface area contributed by atoms with E-state index in [-0.39, 0.29) is 5.91 Å². The number of piperidine rings is 1. The molecule has 1 unspecified atom stereocenters. The van der Waals surface area contributed by atoms with Gasteiger partial charge in [-0.1, -0.05) is 36.8 Å². The molecule has 0 aliphatic carbocycles. The molecule has 2 aliphatic rings. The standard InChI is InChI=1S/C17H20N2OS/c1-12-5-7-14(8-6-12)10-15-16(20)18-17(21-15)19-9-3-4-13(2)11-19/h5-8,10,13H,3-4,9,11H2,1-2H3/b15-10+. The third kappa shape index (κ3) is 3.38. The quantitative estimate of drug-likeness (QED) is 0.741. The van der Waals surface area contributed by atoms with Crippen LogP contribution in [0.2, 0.25) is 0 Å². The van der Waals surface area contributed by atoms with E-state index >= 15 is 0 Å². The molecule has 110 valence electrons. The Morgan fingerprint density at radius 2 is 2.10 bits per heavy atom. The first-order chi connectivity index (χ1) is 10.1. The third-order valence-corrected chi connectivity index (χ3v) is 4.96. The van der Waals surface area contributed by atoms with E-state index in [9.17, 15) is 4.79 Å². The minimum absolute atomic E-state index is 0.103. The topological polar surface area (TPSA) is 32.7 Å². The average molecular weight is 300 g/mol. The fraction of sp³-hybridized carbons (Fsp3) is 0.412. The molecule has 21 heavy (non-hydrogen) atoms. The number of hydrogen-bond donors (Lipinski definition) is 0. The third-order valence-electron chi connectivity index (χ3n) is 3.91. The van der Waals surface area contributed by atoms with Crippen molar-refractivity contribution in [2.75, 3.05) is 13.1 Å². The molecular weight excluding hydrogens is 280 g/mol. The van der Waals surface area contributed by atoms with E-state index in [4.69, 9.17) is 0 Å². The van der Waals surface area contributed by atoms with E-state index in [0.29, 0.717) is 5.92 Å². The summed E-state index contributed by atoms with van der Waals surface area (Å²) in [6, 6.07) is 8.20. The predicted molar refractivity (Wildman–Crippen MR) is 89.2 cm³/mol. The van der Waals surface area contributed by atoms with Crippen LogP contribution in [0.4, 0.5) is 0 Å². The van der Waals surface area contributed by atoms with E-state index in [0.717, 1.165) is 28.7 Å². The lowest BCUT2D eigenvalue weighted by Crippen LogP contribution is -2.37. The molecule has 0 saturated carbocycles. The molecule has 3 nitrogen and oxygen atoms in total. The number of hydrogen-bond acceptors (Lipinski definition) is 3. The van der Waals surface area contributed by atoms with Crippen LogP contribution in [0.3, 0.4) is 0 Å². The number of amides is 1. The van der Waals surface area contributed by atoms with Crippen LogP contribution in [0.1, 0.15) is 30.9 Å². The SMILES string of the molecule is Cc1ccc(/C=C2/SC(N3CCCC(C)C3)=NC2=O)cc1. The average Bonchev–Trinajstić information content (AvgIpc) is 2.83. The Morgan fingerprint density at radius 1 is 1.33 bits per heavy atom. The van der Waals surface area contributed by atoms with Crippen LogP contribution in [-0.4, -0.2) is 29.1 Å². The molecule has 1 amide bonds. The number of aliphatic imine (C=N–C) groups is 1. The number of likely N-dealkylation sites (tertiary alicyclic amines) is 1. The van der Waals surface area contributed by atoms with E-state index in [1.165, 1.54) is 30.2 Å². The van der Waals surface area contributed by atoms with E-state index in [2.05, 4.69) is 35.9 Å². The first kappa shape index (κ1) is 14.4. The lowest BCUT2D eigenvalue weighted by Gasteiger charge is -2.31. The van der Waals surface area contributed by atoms with Crippen molar-refractivity contribution in [3.63, 3.8) is 0 Å². The molecule has 1 aromatic rings. The number of amidine groups is 1. The molecule has 1 atom stereocenters. The Labute approximate surface area is 130 Å². The Morgan fingerprint density at radius 3 is 2.81 bits per heavy atom. The van der Waals surface area contributed by atoms with Gasteiger partial charge in [0.15, 0.2) is 5.17 Å². The van der Waals surface area contributed by atoms with Crippen LogP contribution in [0, 0.1) is 12.8 Å². The number of nitrogens with zero attached hydrogens (tertiary/aromatic N) is 2.